The molecule has 0 saturated heterocycles. The van der Waals surface area contributed by atoms with Gasteiger partial charge < -0.3 is 11.1 Å². The van der Waals surface area contributed by atoms with Gasteiger partial charge in [0.1, 0.15) is 0 Å². The van der Waals surface area contributed by atoms with Crippen molar-refractivity contribution in [3.05, 3.63) is 0 Å². The number of carbonyl (C=O) groups excluding carboxylic acids is 1. The Morgan fingerprint density at radius 3 is 2.32 bits per heavy atom. The summed E-state index contributed by atoms with van der Waals surface area (Å²) in [5.74, 6) is 0.419. The van der Waals surface area contributed by atoms with Crippen LogP contribution < -0.4 is 11.1 Å². The molecule has 1 amide bonds. The third-order valence-electron chi connectivity index (χ3n) is 4.05. The van der Waals surface area contributed by atoms with E-state index in [1.807, 2.05) is 13.8 Å². The molecule has 0 radical (unpaired) electrons. The first-order chi connectivity index (χ1) is 9.84. The van der Waals surface area contributed by atoms with Gasteiger partial charge in [-0.3, -0.25) is 4.79 Å². The van der Waals surface area contributed by atoms with Crippen LogP contribution in [0.5, 0.6) is 0 Å². The predicted octanol–water partition coefficient (Wildman–Crippen LogP) is 1.89. The first-order valence-electron chi connectivity index (χ1n) is 8.04. The van der Waals surface area contributed by atoms with Gasteiger partial charge in [0, 0.05) is 19.0 Å². The highest BCUT2D eigenvalue weighted by molar-refractivity contribution is 7.91. The summed E-state index contributed by atoms with van der Waals surface area (Å²) in [6.07, 6.45) is 5.90. The van der Waals surface area contributed by atoms with Crippen molar-refractivity contribution in [3.63, 3.8) is 0 Å². The van der Waals surface area contributed by atoms with Crippen molar-refractivity contribution in [2.45, 2.75) is 58.4 Å². The number of sulfone groups is 1. The molecule has 1 aliphatic rings. The molecule has 1 aliphatic carbocycles. The molecule has 132 valence electrons. The molecule has 22 heavy (non-hydrogen) atoms. The van der Waals surface area contributed by atoms with Crippen molar-refractivity contribution >= 4 is 28.2 Å². The van der Waals surface area contributed by atoms with E-state index >= 15 is 0 Å². The minimum Gasteiger partial charge on any atom is -0.352 e. The maximum absolute atomic E-state index is 12.0. The summed E-state index contributed by atoms with van der Waals surface area (Å²) in [5, 5.41) is 2.93. The lowest BCUT2D eigenvalue weighted by Crippen LogP contribution is -2.46. The van der Waals surface area contributed by atoms with Crippen molar-refractivity contribution < 1.29 is 13.2 Å². The zero-order chi connectivity index (χ0) is 15.9. The first-order valence-corrected chi connectivity index (χ1v) is 9.86. The number of rotatable bonds is 8. The van der Waals surface area contributed by atoms with Crippen LogP contribution in [0.4, 0.5) is 0 Å². The Morgan fingerprint density at radius 2 is 1.82 bits per heavy atom. The lowest BCUT2D eigenvalue weighted by Gasteiger charge is -2.30. The molecule has 0 bridgehead atoms. The highest BCUT2D eigenvalue weighted by atomic mass is 35.5. The highest BCUT2D eigenvalue weighted by Gasteiger charge is 2.24. The Morgan fingerprint density at radius 1 is 1.23 bits per heavy atom. The summed E-state index contributed by atoms with van der Waals surface area (Å²) >= 11 is 0. The van der Waals surface area contributed by atoms with Crippen molar-refractivity contribution in [1.82, 2.24) is 5.32 Å². The summed E-state index contributed by atoms with van der Waals surface area (Å²) < 4.78 is 23.6. The van der Waals surface area contributed by atoms with E-state index in [4.69, 9.17) is 5.73 Å². The van der Waals surface area contributed by atoms with Crippen LogP contribution in [-0.4, -0.2) is 38.4 Å². The minimum absolute atomic E-state index is 0. The Kier molecular flexibility index (Phi) is 10.3. The van der Waals surface area contributed by atoms with E-state index in [0.717, 1.165) is 12.8 Å². The van der Waals surface area contributed by atoms with Crippen LogP contribution in [0, 0.1) is 11.8 Å². The second kappa shape index (κ2) is 10.4. The Balaban J connectivity index is 0.00000441. The fourth-order valence-corrected chi connectivity index (χ4v) is 4.70. The summed E-state index contributed by atoms with van der Waals surface area (Å²) in [7, 11) is -3.14. The van der Waals surface area contributed by atoms with Crippen molar-refractivity contribution in [3.8, 4) is 0 Å². The molecular weight excluding hydrogens is 324 g/mol. The molecule has 3 N–H and O–H groups in total. The molecule has 7 heteroatoms. The normalized spacial score (nSPS) is 17.8. The lowest BCUT2D eigenvalue weighted by atomic mass is 9.84. The smallest absolute Gasteiger partial charge is 0.221 e. The van der Waals surface area contributed by atoms with Gasteiger partial charge in [0.25, 0.3) is 0 Å². The van der Waals surface area contributed by atoms with Gasteiger partial charge in [0.2, 0.25) is 5.91 Å². The fraction of sp³-hybridized carbons (Fsp3) is 0.933. The van der Waals surface area contributed by atoms with Crippen LogP contribution in [0.2, 0.25) is 0 Å². The van der Waals surface area contributed by atoms with Gasteiger partial charge in [0.15, 0.2) is 9.84 Å². The van der Waals surface area contributed by atoms with Crippen LogP contribution in [0.15, 0.2) is 0 Å². The zero-order valence-corrected chi connectivity index (χ0v) is 15.3. The largest absolute Gasteiger partial charge is 0.352 e. The van der Waals surface area contributed by atoms with Crippen LogP contribution in [0.25, 0.3) is 0 Å². The number of halogens is 1. The number of hydrogen-bond donors (Lipinski definition) is 2. The molecule has 0 aromatic rings. The minimum atomic E-state index is -3.14. The topological polar surface area (TPSA) is 89.3 Å². The molecule has 0 aromatic carbocycles. The Hall–Kier alpha value is -0.330. The first kappa shape index (κ1) is 21.7. The van der Waals surface area contributed by atoms with Crippen LogP contribution in [-0.2, 0) is 14.6 Å². The van der Waals surface area contributed by atoms with Crippen LogP contribution in [0.1, 0.15) is 52.4 Å². The van der Waals surface area contributed by atoms with Crippen LogP contribution >= 0.6 is 12.4 Å². The summed E-state index contributed by atoms with van der Waals surface area (Å²) in [6, 6.07) is -0.00870. The average Bonchev–Trinajstić information content (AvgIpc) is 2.42. The Labute approximate surface area is 141 Å². The second-order valence-electron chi connectivity index (χ2n) is 6.57. The number of nitrogens with one attached hydrogen (secondary N) is 1. The molecule has 0 heterocycles. The van der Waals surface area contributed by atoms with E-state index in [2.05, 4.69) is 5.32 Å². The van der Waals surface area contributed by atoms with Gasteiger partial charge in [-0.05, 0) is 24.7 Å². The van der Waals surface area contributed by atoms with E-state index in [0.29, 0.717) is 12.5 Å². The average molecular weight is 355 g/mol. The highest BCUT2D eigenvalue weighted by Crippen LogP contribution is 2.26. The number of carbonyl (C=O) groups is 1. The van der Waals surface area contributed by atoms with Crippen molar-refractivity contribution in [2.24, 2.45) is 17.6 Å². The zero-order valence-electron chi connectivity index (χ0n) is 13.7. The van der Waals surface area contributed by atoms with E-state index in [9.17, 15) is 13.2 Å². The molecule has 1 saturated carbocycles. The van der Waals surface area contributed by atoms with E-state index in [1.165, 1.54) is 19.3 Å². The Bertz CT molecular complexity index is 421. The molecule has 1 rings (SSSR count). The van der Waals surface area contributed by atoms with Gasteiger partial charge in [-0.25, -0.2) is 8.42 Å². The third kappa shape index (κ3) is 8.34. The predicted molar refractivity (Wildman–Crippen MR) is 92.9 cm³/mol. The summed E-state index contributed by atoms with van der Waals surface area (Å²) in [4.78, 5) is 12.0. The molecule has 1 unspecified atom stereocenters. The molecule has 1 fully saturated rings. The van der Waals surface area contributed by atoms with Gasteiger partial charge in [-0.15, -0.1) is 12.4 Å². The lowest BCUT2D eigenvalue weighted by molar-refractivity contribution is -0.121. The second-order valence-corrected chi connectivity index (χ2v) is 8.79. The van der Waals surface area contributed by atoms with E-state index < -0.39 is 9.84 Å². The van der Waals surface area contributed by atoms with Crippen molar-refractivity contribution in [1.29, 1.82) is 0 Å². The maximum Gasteiger partial charge on any atom is 0.221 e. The van der Waals surface area contributed by atoms with E-state index in [1.54, 1.807) is 0 Å². The molecule has 5 nitrogen and oxygen atoms in total. The number of hydrogen-bond acceptors (Lipinski definition) is 4. The SMILES string of the molecule is CC(C)CS(=O)(=O)CCC(=O)NC(CN)C1CCCCC1.Cl. The molecule has 0 aliphatic heterocycles. The third-order valence-corrected chi connectivity index (χ3v) is 6.05. The maximum atomic E-state index is 12.0. The monoisotopic (exact) mass is 354 g/mol. The fourth-order valence-electron chi connectivity index (χ4n) is 3.02. The number of amides is 1. The van der Waals surface area contributed by atoms with Crippen LogP contribution in [0.3, 0.4) is 0 Å². The van der Waals surface area contributed by atoms with Gasteiger partial charge in [-0.2, -0.15) is 0 Å². The van der Waals surface area contributed by atoms with Gasteiger partial charge >= 0.3 is 0 Å². The molecule has 1 atom stereocenters. The quantitative estimate of drug-likeness (QED) is 0.696. The van der Waals surface area contributed by atoms with Gasteiger partial charge in [0.05, 0.1) is 11.5 Å². The standard InChI is InChI=1S/C15H30N2O3S.ClH/c1-12(2)11-21(19,20)9-8-15(18)17-14(10-16)13-6-4-3-5-7-13;/h12-14H,3-11,16H2,1-2H3,(H,17,18);1H. The summed E-state index contributed by atoms with van der Waals surface area (Å²) in [6.45, 7) is 4.16. The van der Waals surface area contributed by atoms with E-state index in [-0.39, 0.29) is 48.2 Å². The molecule has 0 aromatic heterocycles. The summed E-state index contributed by atoms with van der Waals surface area (Å²) in [5.41, 5.74) is 5.77. The molecular formula is C15H31ClN2O3S. The van der Waals surface area contributed by atoms with Crippen molar-refractivity contribution in [2.75, 3.05) is 18.1 Å². The molecule has 0 spiro atoms. The number of nitrogens with two attached hydrogens (primary N) is 1. The van der Waals surface area contributed by atoms with Gasteiger partial charge in [-0.1, -0.05) is 33.1 Å².